The van der Waals surface area contributed by atoms with Crippen molar-refractivity contribution in [2.45, 2.75) is 18.9 Å². The molecule has 5 heteroatoms. The van der Waals surface area contributed by atoms with Crippen LogP contribution in [0.3, 0.4) is 0 Å². The molecule has 0 radical (unpaired) electrons. The minimum atomic E-state index is -0.448. The van der Waals surface area contributed by atoms with Crippen molar-refractivity contribution in [3.05, 3.63) is 29.0 Å². The highest BCUT2D eigenvalue weighted by atomic mass is 35.5. The zero-order chi connectivity index (χ0) is 10.8. The number of hydrogen-bond donors (Lipinski definition) is 2. The Morgan fingerprint density at radius 1 is 1.47 bits per heavy atom. The monoisotopic (exact) mass is 244 g/mol. The summed E-state index contributed by atoms with van der Waals surface area (Å²) in [7, 11) is 0. The summed E-state index contributed by atoms with van der Waals surface area (Å²) in [6, 6.07) is 5.00. The largest absolute Gasteiger partial charge is 0.360 e. The molecule has 0 atom stereocenters. The average Bonchev–Trinajstić information content (AvgIpc) is 2.95. The van der Waals surface area contributed by atoms with Crippen LogP contribution >= 0.6 is 23.8 Å². The molecule has 2 rings (SSSR count). The fourth-order valence-corrected chi connectivity index (χ4v) is 1.56. The molecule has 2 N–H and O–H groups in total. The first-order valence-corrected chi connectivity index (χ1v) is 5.46. The number of anilines is 1. The van der Waals surface area contributed by atoms with Crippen LogP contribution in [0.2, 0.25) is 5.02 Å². The Labute approximate surface area is 97.8 Å². The molecule has 0 heterocycles. The third kappa shape index (κ3) is 3.04. The van der Waals surface area contributed by atoms with Crippen molar-refractivity contribution in [1.29, 1.82) is 0 Å². The summed E-state index contributed by atoms with van der Waals surface area (Å²) in [5, 5.41) is 6.64. The van der Waals surface area contributed by atoms with Crippen molar-refractivity contribution in [1.82, 2.24) is 5.32 Å². The molecule has 1 aromatic rings. The summed E-state index contributed by atoms with van der Waals surface area (Å²) >= 11 is 10.6. The van der Waals surface area contributed by atoms with E-state index in [2.05, 4.69) is 10.6 Å². The summed E-state index contributed by atoms with van der Waals surface area (Å²) in [4.78, 5) is 0. The maximum atomic E-state index is 13.1. The third-order valence-electron chi connectivity index (χ3n) is 2.09. The molecule has 2 nitrogen and oxygen atoms in total. The van der Waals surface area contributed by atoms with E-state index in [-0.39, 0.29) is 5.02 Å². The normalized spacial score (nSPS) is 14.8. The average molecular weight is 245 g/mol. The van der Waals surface area contributed by atoms with Crippen LogP contribution in [0, 0.1) is 5.82 Å². The molecular formula is C10H10ClFN2S. The molecule has 80 valence electrons. The van der Waals surface area contributed by atoms with Gasteiger partial charge in [0, 0.05) is 11.7 Å². The van der Waals surface area contributed by atoms with E-state index in [9.17, 15) is 4.39 Å². The highest BCUT2D eigenvalue weighted by Crippen LogP contribution is 2.20. The molecule has 15 heavy (non-hydrogen) atoms. The van der Waals surface area contributed by atoms with Crippen molar-refractivity contribution < 1.29 is 4.39 Å². The van der Waals surface area contributed by atoms with E-state index in [1.165, 1.54) is 12.1 Å². The topological polar surface area (TPSA) is 24.1 Å². The van der Waals surface area contributed by atoms with E-state index in [1.54, 1.807) is 6.07 Å². The summed E-state index contributed by atoms with van der Waals surface area (Å²) in [6.07, 6.45) is 2.30. The van der Waals surface area contributed by atoms with Gasteiger partial charge in [0.2, 0.25) is 0 Å². The Kier molecular flexibility index (Phi) is 3.07. The van der Waals surface area contributed by atoms with Gasteiger partial charge in [-0.25, -0.2) is 4.39 Å². The Hall–Kier alpha value is -0.870. The van der Waals surface area contributed by atoms with E-state index >= 15 is 0 Å². The van der Waals surface area contributed by atoms with Gasteiger partial charge >= 0.3 is 0 Å². The van der Waals surface area contributed by atoms with Crippen LogP contribution in [0.25, 0.3) is 0 Å². The lowest BCUT2D eigenvalue weighted by Crippen LogP contribution is -2.30. The standard InChI is InChI=1S/C10H10ClFN2S/c11-8-4-3-7(5-9(8)12)14-10(15)13-6-1-2-6/h3-6H,1-2H2,(H2,13,14,15). The van der Waals surface area contributed by atoms with E-state index in [0.29, 0.717) is 16.8 Å². The quantitative estimate of drug-likeness (QED) is 0.783. The van der Waals surface area contributed by atoms with Gasteiger partial charge in [-0.05, 0) is 43.3 Å². The lowest BCUT2D eigenvalue weighted by atomic mass is 10.3. The smallest absolute Gasteiger partial charge is 0.170 e. The zero-order valence-corrected chi connectivity index (χ0v) is 9.46. The maximum absolute atomic E-state index is 13.1. The van der Waals surface area contributed by atoms with Crippen molar-refractivity contribution in [3.8, 4) is 0 Å². The number of benzene rings is 1. The molecule has 0 bridgehead atoms. The highest BCUT2D eigenvalue weighted by molar-refractivity contribution is 7.80. The molecule has 0 saturated heterocycles. The molecule has 0 unspecified atom stereocenters. The minimum absolute atomic E-state index is 0.113. The predicted octanol–water partition coefficient (Wildman–Crippen LogP) is 2.93. The zero-order valence-electron chi connectivity index (χ0n) is 7.89. The molecule has 0 spiro atoms. The van der Waals surface area contributed by atoms with E-state index in [4.69, 9.17) is 23.8 Å². The van der Waals surface area contributed by atoms with Gasteiger partial charge in [0.25, 0.3) is 0 Å². The van der Waals surface area contributed by atoms with Gasteiger partial charge < -0.3 is 10.6 Å². The second kappa shape index (κ2) is 4.33. The summed E-state index contributed by atoms with van der Waals surface area (Å²) in [5.41, 5.74) is 0.607. The SMILES string of the molecule is Fc1cc(NC(=S)NC2CC2)ccc1Cl. The molecule has 0 amide bonds. The molecule has 1 aliphatic rings. The summed E-state index contributed by atoms with van der Waals surface area (Å²) in [5.74, 6) is -0.448. The van der Waals surface area contributed by atoms with Gasteiger partial charge in [-0.2, -0.15) is 0 Å². The molecule has 1 aliphatic carbocycles. The Morgan fingerprint density at radius 3 is 2.80 bits per heavy atom. The van der Waals surface area contributed by atoms with Gasteiger partial charge in [-0.1, -0.05) is 11.6 Å². The second-order valence-electron chi connectivity index (χ2n) is 3.50. The summed E-state index contributed by atoms with van der Waals surface area (Å²) in [6.45, 7) is 0. The minimum Gasteiger partial charge on any atom is -0.360 e. The van der Waals surface area contributed by atoms with Gasteiger partial charge in [0.15, 0.2) is 5.11 Å². The first kappa shape index (κ1) is 10.6. The summed E-state index contributed by atoms with van der Waals surface area (Å²) < 4.78 is 13.1. The van der Waals surface area contributed by atoms with E-state index in [0.717, 1.165) is 12.8 Å². The van der Waals surface area contributed by atoms with Gasteiger partial charge in [0.1, 0.15) is 5.82 Å². The molecule has 1 aromatic carbocycles. The van der Waals surface area contributed by atoms with Crippen LogP contribution in [-0.2, 0) is 0 Å². The lowest BCUT2D eigenvalue weighted by molar-refractivity contribution is 0.629. The second-order valence-corrected chi connectivity index (χ2v) is 4.32. The first-order chi connectivity index (χ1) is 7.15. The van der Waals surface area contributed by atoms with Crippen LogP contribution < -0.4 is 10.6 Å². The van der Waals surface area contributed by atoms with Gasteiger partial charge in [-0.15, -0.1) is 0 Å². The number of halogens is 2. The maximum Gasteiger partial charge on any atom is 0.170 e. The molecule has 1 saturated carbocycles. The fraction of sp³-hybridized carbons (Fsp3) is 0.300. The Bertz CT molecular complexity index is 393. The van der Waals surface area contributed by atoms with Crippen molar-refractivity contribution in [3.63, 3.8) is 0 Å². The van der Waals surface area contributed by atoms with Crippen molar-refractivity contribution in [2.75, 3.05) is 5.32 Å². The fourth-order valence-electron chi connectivity index (χ4n) is 1.15. The van der Waals surface area contributed by atoms with Crippen LogP contribution in [0.15, 0.2) is 18.2 Å². The first-order valence-electron chi connectivity index (χ1n) is 4.68. The molecular weight excluding hydrogens is 235 g/mol. The van der Waals surface area contributed by atoms with Crippen LogP contribution in [0.1, 0.15) is 12.8 Å². The van der Waals surface area contributed by atoms with Crippen molar-refractivity contribution in [2.24, 2.45) is 0 Å². The van der Waals surface area contributed by atoms with Crippen molar-refractivity contribution >= 4 is 34.6 Å². The lowest BCUT2D eigenvalue weighted by Gasteiger charge is -2.09. The highest BCUT2D eigenvalue weighted by Gasteiger charge is 2.21. The number of thiocarbonyl (C=S) groups is 1. The number of nitrogens with one attached hydrogen (secondary N) is 2. The Morgan fingerprint density at radius 2 is 2.20 bits per heavy atom. The van der Waals surface area contributed by atoms with Crippen LogP contribution in [-0.4, -0.2) is 11.2 Å². The van der Waals surface area contributed by atoms with E-state index < -0.39 is 5.82 Å². The number of rotatable bonds is 2. The van der Waals surface area contributed by atoms with E-state index in [1.807, 2.05) is 0 Å². The van der Waals surface area contributed by atoms with Gasteiger partial charge in [-0.3, -0.25) is 0 Å². The third-order valence-corrected chi connectivity index (χ3v) is 2.62. The molecule has 1 fully saturated rings. The van der Waals surface area contributed by atoms with Gasteiger partial charge in [0.05, 0.1) is 5.02 Å². The molecule has 0 aliphatic heterocycles. The predicted molar refractivity (Wildman–Crippen MR) is 63.8 cm³/mol. The molecule has 0 aromatic heterocycles. The Balaban J connectivity index is 1.97. The van der Waals surface area contributed by atoms with Crippen LogP contribution in [0.4, 0.5) is 10.1 Å². The number of hydrogen-bond acceptors (Lipinski definition) is 1. The van der Waals surface area contributed by atoms with Crippen LogP contribution in [0.5, 0.6) is 0 Å².